The van der Waals surface area contributed by atoms with Gasteiger partial charge in [-0.2, -0.15) is 5.26 Å². The minimum atomic E-state index is -0.510. The molecule has 5 rings (SSSR count). The van der Waals surface area contributed by atoms with Gasteiger partial charge >= 0.3 is 0 Å². The van der Waals surface area contributed by atoms with E-state index in [1.165, 1.54) is 0 Å². The Morgan fingerprint density at radius 3 is 2.81 bits per heavy atom. The molecule has 1 atom stereocenters. The van der Waals surface area contributed by atoms with Gasteiger partial charge in [0.15, 0.2) is 23.0 Å². The summed E-state index contributed by atoms with van der Waals surface area (Å²) in [5.74, 6) is 2.30. The van der Waals surface area contributed by atoms with Crippen LogP contribution in [0.1, 0.15) is 24.0 Å². The van der Waals surface area contributed by atoms with Crippen molar-refractivity contribution in [2.75, 3.05) is 20.5 Å². The summed E-state index contributed by atoms with van der Waals surface area (Å²) >= 11 is 0. The van der Waals surface area contributed by atoms with Crippen LogP contribution in [0.3, 0.4) is 0 Å². The van der Waals surface area contributed by atoms with Crippen LogP contribution in [0, 0.1) is 11.3 Å². The van der Waals surface area contributed by atoms with Gasteiger partial charge in [0.2, 0.25) is 18.6 Å². The number of rotatable bonds is 5. The topological polar surface area (TPSA) is 125 Å². The Labute approximate surface area is 183 Å². The molecular formula is C23H20N4O5. The summed E-state index contributed by atoms with van der Waals surface area (Å²) in [6.45, 7) is 2.58. The molecule has 2 aliphatic heterocycles. The number of hydrogen-bond acceptors (Lipinski definition) is 8. The van der Waals surface area contributed by atoms with Gasteiger partial charge in [-0.3, -0.25) is 5.10 Å². The van der Waals surface area contributed by atoms with Gasteiger partial charge < -0.3 is 29.4 Å². The van der Waals surface area contributed by atoms with Crippen molar-refractivity contribution >= 4 is 0 Å². The number of fused-ring (bicyclic) bond motifs is 2. The molecule has 2 aromatic carbocycles. The van der Waals surface area contributed by atoms with Crippen LogP contribution in [-0.4, -0.2) is 30.7 Å². The van der Waals surface area contributed by atoms with E-state index < -0.39 is 5.92 Å². The number of hydrogen-bond donors (Lipinski definition) is 2. The maximum absolute atomic E-state index is 9.90. The molecule has 0 saturated heterocycles. The fourth-order valence-corrected chi connectivity index (χ4v) is 3.99. The van der Waals surface area contributed by atoms with Gasteiger partial charge in [-0.1, -0.05) is 6.07 Å². The van der Waals surface area contributed by atoms with Gasteiger partial charge in [0.1, 0.15) is 11.6 Å². The van der Waals surface area contributed by atoms with E-state index in [0.29, 0.717) is 46.7 Å². The van der Waals surface area contributed by atoms with Crippen LogP contribution in [0.4, 0.5) is 0 Å². The SMILES string of the molecule is CCOc1ccc(-c2[nH]nc3c2[C@H](c2ccc4c(c2)OCO4)C(C#N)=C(N)O3)cc1OC. The first-order valence-electron chi connectivity index (χ1n) is 10.0. The van der Waals surface area contributed by atoms with E-state index in [-0.39, 0.29) is 18.2 Å². The van der Waals surface area contributed by atoms with Gasteiger partial charge in [-0.15, -0.1) is 5.10 Å². The molecular weight excluding hydrogens is 412 g/mol. The Bertz CT molecular complexity index is 1270. The molecule has 162 valence electrons. The standard InChI is InChI=1S/C23H20N4O5/c1-3-29-15-7-5-13(9-17(15)28-2)21-20-19(12-4-6-16-18(8-12)31-11-30-16)14(10-24)22(25)32-23(20)27-26-21/h4-9,19H,3,11,25H2,1-2H3,(H,26,27)/t19-/m1/s1. The maximum Gasteiger partial charge on any atom is 0.244 e. The van der Waals surface area contributed by atoms with Crippen molar-refractivity contribution in [1.29, 1.82) is 5.26 Å². The van der Waals surface area contributed by atoms with Crippen LogP contribution >= 0.6 is 0 Å². The molecule has 1 aromatic heterocycles. The van der Waals surface area contributed by atoms with Crippen LogP contribution in [0.5, 0.6) is 28.9 Å². The first-order chi connectivity index (χ1) is 15.6. The summed E-state index contributed by atoms with van der Waals surface area (Å²) in [6, 6.07) is 13.3. The minimum Gasteiger partial charge on any atom is -0.493 e. The lowest BCUT2D eigenvalue weighted by molar-refractivity contribution is 0.174. The van der Waals surface area contributed by atoms with Gasteiger partial charge in [-0.25, -0.2) is 0 Å². The van der Waals surface area contributed by atoms with Crippen molar-refractivity contribution in [3.05, 3.63) is 59.0 Å². The number of ether oxygens (including phenoxy) is 5. The van der Waals surface area contributed by atoms with E-state index in [1.807, 2.05) is 43.3 Å². The van der Waals surface area contributed by atoms with E-state index in [4.69, 9.17) is 29.4 Å². The summed E-state index contributed by atoms with van der Waals surface area (Å²) in [5, 5.41) is 17.2. The van der Waals surface area contributed by atoms with E-state index in [9.17, 15) is 5.26 Å². The number of H-pyrrole nitrogens is 1. The molecule has 0 amide bonds. The predicted molar refractivity (Wildman–Crippen MR) is 114 cm³/mol. The van der Waals surface area contributed by atoms with Gasteiger partial charge in [-0.05, 0) is 42.8 Å². The van der Waals surface area contributed by atoms with E-state index >= 15 is 0 Å². The molecule has 0 unspecified atom stereocenters. The molecule has 0 fully saturated rings. The Morgan fingerprint density at radius 2 is 2.03 bits per heavy atom. The van der Waals surface area contributed by atoms with Gasteiger partial charge in [0, 0.05) is 5.56 Å². The molecule has 0 bridgehead atoms. The second-order valence-corrected chi connectivity index (χ2v) is 7.15. The molecule has 0 aliphatic carbocycles. The van der Waals surface area contributed by atoms with E-state index in [2.05, 4.69) is 16.3 Å². The molecule has 3 aromatic rings. The highest BCUT2D eigenvalue weighted by Crippen LogP contribution is 2.48. The monoisotopic (exact) mass is 432 g/mol. The van der Waals surface area contributed by atoms with E-state index in [0.717, 1.165) is 11.1 Å². The second kappa shape index (κ2) is 7.74. The third-order valence-corrected chi connectivity index (χ3v) is 5.42. The molecule has 0 radical (unpaired) electrons. The van der Waals surface area contributed by atoms with Crippen molar-refractivity contribution in [2.45, 2.75) is 12.8 Å². The molecule has 2 aliphatic rings. The lowest BCUT2D eigenvalue weighted by Crippen LogP contribution is -2.21. The molecule has 9 nitrogen and oxygen atoms in total. The Morgan fingerprint density at radius 1 is 1.19 bits per heavy atom. The summed E-state index contributed by atoms with van der Waals surface area (Å²) in [6.07, 6.45) is 0. The smallest absolute Gasteiger partial charge is 0.244 e. The van der Waals surface area contributed by atoms with E-state index in [1.54, 1.807) is 7.11 Å². The quantitative estimate of drug-likeness (QED) is 0.628. The average Bonchev–Trinajstić information content (AvgIpc) is 3.45. The van der Waals surface area contributed by atoms with Crippen LogP contribution in [-0.2, 0) is 0 Å². The fourth-order valence-electron chi connectivity index (χ4n) is 3.99. The summed E-state index contributed by atoms with van der Waals surface area (Å²) < 4.78 is 27.8. The van der Waals surface area contributed by atoms with Crippen LogP contribution in [0.2, 0.25) is 0 Å². The number of nitriles is 1. The zero-order valence-electron chi connectivity index (χ0n) is 17.5. The Hall–Kier alpha value is -4.32. The highest BCUT2D eigenvalue weighted by molar-refractivity contribution is 5.73. The average molecular weight is 432 g/mol. The van der Waals surface area contributed by atoms with Gasteiger partial charge in [0.05, 0.1) is 30.9 Å². The molecule has 32 heavy (non-hydrogen) atoms. The number of nitrogens with zero attached hydrogens (tertiary/aromatic N) is 2. The predicted octanol–water partition coefficient (Wildman–Crippen LogP) is 3.43. The lowest BCUT2D eigenvalue weighted by atomic mass is 9.83. The van der Waals surface area contributed by atoms with Crippen LogP contribution < -0.4 is 29.4 Å². The van der Waals surface area contributed by atoms with Crippen LogP contribution in [0.25, 0.3) is 11.3 Å². The number of nitrogens with one attached hydrogen (secondary N) is 1. The highest BCUT2D eigenvalue weighted by atomic mass is 16.7. The Kier molecular flexibility index (Phi) is 4.75. The third-order valence-electron chi connectivity index (χ3n) is 5.42. The van der Waals surface area contributed by atoms with Crippen molar-refractivity contribution in [1.82, 2.24) is 10.2 Å². The normalized spacial score (nSPS) is 16.2. The Balaban J connectivity index is 1.67. The van der Waals surface area contributed by atoms with Crippen LogP contribution in [0.15, 0.2) is 47.9 Å². The highest BCUT2D eigenvalue weighted by Gasteiger charge is 2.36. The van der Waals surface area contributed by atoms with Crippen molar-refractivity contribution in [2.24, 2.45) is 5.73 Å². The summed E-state index contributed by atoms with van der Waals surface area (Å²) in [5.41, 5.74) is 9.35. The zero-order chi connectivity index (χ0) is 22.2. The zero-order valence-corrected chi connectivity index (χ0v) is 17.5. The summed E-state index contributed by atoms with van der Waals surface area (Å²) in [7, 11) is 1.58. The number of nitrogens with two attached hydrogens (primary N) is 1. The molecule has 3 heterocycles. The fraction of sp³-hybridized carbons (Fsp3) is 0.217. The second-order valence-electron chi connectivity index (χ2n) is 7.15. The lowest BCUT2D eigenvalue weighted by Gasteiger charge is -2.24. The number of methoxy groups -OCH3 is 1. The van der Waals surface area contributed by atoms with Gasteiger partial charge in [0.25, 0.3) is 0 Å². The number of aromatic nitrogens is 2. The number of aromatic amines is 1. The van der Waals surface area contributed by atoms with Crippen molar-refractivity contribution in [3.8, 4) is 46.2 Å². The first-order valence-corrected chi connectivity index (χ1v) is 10.0. The number of benzene rings is 2. The molecule has 0 spiro atoms. The third kappa shape index (κ3) is 3.04. The molecule has 3 N–H and O–H groups in total. The minimum absolute atomic E-state index is 0.0185. The van der Waals surface area contributed by atoms with Crippen molar-refractivity contribution in [3.63, 3.8) is 0 Å². The molecule has 0 saturated carbocycles. The first kappa shape index (κ1) is 19.6. The summed E-state index contributed by atoms with van der Waals surface area (Å²) in [4.78, 5) is 0. The van der Waals surface area contributed by atoms with Crippen molar-refractivity contribution < 1.29 is 23.7 Å². The largest absolute Gasteiger partial charge is 0.493 e. The maximum atomic E-state index is 9.90. The number of allylic oxidation sites excluding steroid dienone is 1. The molecule has 9 heteroatoms.